The van der Waals surface area contributed by atoms with Crippen LogP contribution in [0.4, 0.5) is 0 Å². The Morgan fingerprint density at radius 3 is 2.36 bits per heavy atom. The topological polar surface area (TPSA) is 42.4 Å². The Balaban J connectivity index is 2.13. The van der Waals surface area contributed by atoms with Gasteiger partial charge in [0.2, 0.25) is 0 Å². The molecule has 1 saturated carbocycles. The third-order valence-corrected chi connectivity index (χ3v) is 13.2. The maximum Gasteiger partial charge on any atom is 0.192 e. The molecule has 1 aromatic heterocycles. The SMILES string of the molecule is CC(C)c1nc2c(c(I)c1CO)C(O[Si](C)(C)C(C)(C)C)CC1(CCCC1)C2. The minimum Gasteiger partial charge on any atom is -0.410 e. The number of aliphatic hydroxyl groups excluding tert-OH is 1. The van der Waals surface area contributed by atoms with Gasteiger partial charge < -0.3 is 9.53 Å². The fourth-order valence-electron chi connectivity index (χ4n) is 4.83. The molecular weight excluding hydrogens is 477 g/mol. The van der Waals surface area contributed by atoms with E-state index in [1.807, 2.05) is 0 Å². The van der Waals surface area contributed by atoms with Gasteiger partial charge in [0.1, 0.15) is 0 Å². The van der Waals surface area contributed by atoms with Crippen LogP contribution in [0.2, 0.25) is 18.1 Å². The third kappa shape index (κ3) is 4.10. The Kier molecular flexibility index (Phi) is 6.43. The van der Waals surface area contributed by atoms with Gasteiger partial charge in [0.25, 0.3) is 0 Å². The Bertz CT molecular complexity index is 733. The molecule has 3 rings (SSSR count). The summed E-state index contributed by atoms with van der Waals surface area (Å²) in [7, 11) is -1.91. The minimum atomic E-state index is -1.91. The Labute approximate surface area is 186 Å². The number of pyridine rings is 1. The van der Waals surface area contributed by atoms with E-state index >= 15 is 0 Å². The van der Waals surface area contributed by atoms with Gasteiger partial charge in [0, 0.05) is 26.1 Å². The molecule has 0 radical (unpaired) electrons. The average Bonchev–Trinajstić information content (AvgIpc) is 3.00. The van der Waals surface area contributed by atoms with E-state index < -0.39 is 8.32 Å². The maximum absolute atomic E-state index is 10.1. The first-order chi connectivity index (χ1) is 12.9. The van der Waals surface area contributed by atoms with Gasteiger partial charge in [-0.05, 0) is 77.7 Å². The number of nitrogens with zero attached hydrogens (tertiary/aromatic N) is 1. The summed E-state index contributed by atoms with van der Waals surface area (Å²) in [5.74, 6) is 0.321. The zero-order valence-corrected chi connectivity index (χ0v) is 21.9. The van der Waals surface area contributed by atoms with Gasteiger partial charge in [0.15, 0.2) is 8.32 Å². The van der Waals surface area contributed by atoms with Crippen molar-refractivity contribution in [3.8, 4) is 0 Å². The molecule has 1 spiro atoms. The van der Waals surface area contributed by atoms with Crippen molar-refractivity contribution in [3.05, 3.63) is 26.1 Å². The lowest BCUT2D eigenvalue weighted by Gasteiger charge is -2.45. The van der Waals surface area contributed by atoms with Crippen molar-refractivity contribution in [2.45, 2.75) is 110 Å². The number of aliphatic hydroxyl groups is 1. The van der Waals surface area contributed by atoms with Crippen molar-refractivity contribution < 1.29 is 9.53 Å². The van der Waals surface area contributed by atoms with Crippen LogP contribution in [-0.2, 0) is 17.5 Å². The molecule has 28 heavy (non-hydrogen) atoms. The second kappa shape index (κ2) is 7.93. The zero-order chi connectivity index (χ0) is 20.9. The molecule has 1 N–H and O–H groups in total. The van der Waals surface area contributed by atoms with Crippen LogP contribution in [0.5, 0.6) is 0 Å². The second-order valence-corrected chi connectivity index (χ2v) is 16.8. The summed E-state index contributed by atoms with van der Waals surface area (Å²) >= 11 is 2.46. The minimum absolute atomic E-state index is 0.0595. The summed E-state index contributed by atoms with van der Waals surface area (Å²) in [4.78, 5) is 5.18. The van der Waals surface area contributed by atoms with Crippen LogP contribution in [-0.4, -0.2) is 18.4 Å². The van der Waals surface area contributed by atoms with Crippen LogP contribution in [0.25, 0.3) is 0 Å². The summed E-state index contributed by atoms with van der Waals surface area (Å²) < 4.78 is 8.25. The summed E-state index contributed by atoms with van der Waals surface area (Å²) in [5, 5.41) is 10.3. The lowest BCUT2D eigenvalue weighted by molar-refractivity contribution is 0.0883. The smallest absolute Gasteiger partial charge is 0.192 e. The highest BCUT2D eigenvalue weighted by Gasteiger charge is 2.47. The van der Waals surface area contributed by atoms with E-state index in [4.69, 9.17) is 9.41 Å². The highest BCUT2D eigenvalue weighted by atomic mass is 127. The Morgan fingerprint density at radius 1 is 1.25 bits per heavy atom. The molecule has 1 unspecified atom stereocenters. The van der Waals surface area contributed by atoms with Crippen LogP contribution < -0.4 is 0 Å². The maximum atomic E-state index is 10.1. The first kappa shape index (κ1) is 22.7. The van der Waals surface area contributed by atoms with E-state index in [0.717, 1.165) is 24.1 Å². The van der Waals surface area contributed by atoms with E-state index in [9.17, 15) is 5.11 Å². The van der Waals surface area contributed by atoms with Crippen LogP contribution in [0.3, 0.4) is 0 Å². The molecule has 0 amide bonds. The van der Waals surface area contributed by atoms with Crippen molar-refractivity contribution in [1.82, 2.24) is 4.98 Å². The Hall–Kier alpha value is 0.0169. The van der Waals surface area contributed by atoms with E-state index in [1.165, 1.54) is 40.5 Å². The molecule has 2 aliphatic rings. The standard InChI is InChI=1S/C23H38INO2Si/c1-15(2)21-16(14-26)20(24)19-17(25-21)12-23(10-8-9-11-23)13-18(19)27-28(6,7)22(3,4)5/h15,18,26H,8-14H2,1-7H3. The van der Waals surface area contributed by atoms with Gasteiger partial charge in [-0.3, -0.25) is 4.98 Å². The van der Waals surface area contributed by atoms with Crippen molar-refractivity contribution in [2.75, 3.05) is 0 Å². The largest absolute Gasteiger partial charge is 0.410 e. The fraction of sp³-hybridized carbons (Fsp3) is 0.783. The molecule has 0 aromatic carbocycles. The zero-order valence-electron chi connectivity index (χ0n) is 18.8. The van der Waals surface area contributed by atoms with Crippen LogP contribution in [0.15, 0.2) is 0 Å². The normalized spacial score (nSPS) is 22.1. The van der Waals surface area contributed by atoms with Gasteiger partial charge in [-0.2, -0.15) is 0 Å². The van der Waals surface area contributed by atoms with Gasteiger partial charge in [0.05, 0.1) is 12.7 Å². The summed E-state index contributed by atoms with van der Waals surface area (Å²) in [5.41, 5.74) is 5.00. The van der Waals surface area contributed by atoms with Crippen molar-refractivity contribution in [2.24, 2.45) is 5.41 Å². The number of rotatable bonds is 4. The number of hydrogen-bond acceptors (Lipinski definition) is 3. The molecule has 3 nitrogen and oxygen atoms in total. The number of halogens is 1. The van der Waals surface area contributed by atoms with Crippen molar-refractivity contribution in [1.29, 1.82) is 0 Å². The molecule has 1 atom stereocenters. The van der Waals surface area contributed by atoms with Crippen LogP contribution in [0.1, 0.15) is 101 Å². The molecule has 1 aromatic rings. The molecule has 0 aliphatic heterocycles. The predicted molar refractivity (Wildman–Crippen MR) is 127 cm³/mol. The average molecular weight is 516 g/mol. The molecule has 0 saturated heterocycles. The highest BCUT2D eigenvalue weighted by Crippen LogP contribution is 2.54. The highest BCUT2D eigenvalue weighted by molar-refractivity contribution is 14.1. The van der Waals surface area contributed by atoms with Crippen molar-refractivity contribution >= 4 is 30.9 Å². The number of fused-ring (bicyclic) bond motifs is 1. The van der Waals surface area contributed by atoms with Gasteiger partial charge in [-0.25, -0.2) is 0 Å². The first-order valence-electron chi connectivity index (χ1n) is 10.9. The quantitative estimate of drug-likeness (QED) is 0.352. The first-order valence-corrected chi connectivity index (χ1v) is 14.9. The van der Waals surface area contributed by atoms with Gasteiger partial charge in [-0.1, -0.05) is 47.5 Å². The van der Waals surface area contributed by atoms with E-state index in [0.29, 0.717) is 11.3 Å². The second-order valence-electron chi connectivity index (χ2n) is 10.9. The van der Waals surface area contributed by atoms with Crippen LogP contribution >= 0.6 is 22.6 Å². The number of aromatic nitrogens is 1. The van der Waals surface area contributed by atoms with Gasteiger partial charge >= 0.3 is 0 Å². The van der Waals surface area contributed by atoms with E-state index in [2.05, 4.69) is 70.3 Å². The Morgan fingerprint density at radius 2 is 1.86 bits per heavy atom. The fourth-order valence-corrected chi connectivity index (χ4v) is 7.20. The molecule has 1 heterocycles. The monoisotopic (exact) mass is 515 g/mol. The molecule has 158 valence electrons. The summed E-state index contributed by atoms with van der Waals surface area (Å²) in [6.45, 7) is 16.1. The molecule has 0 bridgehead atoms. The third-order valence-electron chi connectivity index (χ3n) is 7.47. The number of hydrogen-bond donors (Lipinski definition) is 1. The van der Waals surface area contributed by atoms with Crippen molar-refractivity contribution in [3.63, 3.8) is 0 Å². The van der Waals surface area contributed by atoms with Gasteiger partial charge in [-0.15, -0.1) is 0 Å². The molecule has 2 aliphatic carbocycles. The lowest BCUT2D eigenvalue weighted by atomic mass is 9.70. The van der Waals surface area contributed by atoms with E-state index in [1.54, 1.807) is 0 Å². The van der Waals surface area contributed by atoms with Crippen LogP contribution in [0, 0.1) is 8.99 Å². The summed E-state index contributed by atoms with van der Waals surface area (Å²) in [6, 6.07) is 0. The molecular formula is C23H38INO2Si. The predicted octanol–water partition coefficient (Wildman–Crippen LogP) is 6.87. The molecule has 1 fully saturated rings. The summed E-state index contributed by atoms with van der Waals surface area (Å²) in [6.07, 6.45) is 7.61. The lowest BCUT2D eigenvalue weighted by Crippen LogP contribution is -2.44. The van der Waals surface area contributed by atoms with E-state index in [-0.39, 0.29) is 17.7 Å². The molecule has 5 heteroatoms.